The Morgan fingerprint density at radius 3 is 2.13 bits per heavy atom. The van der Waals surface area contributed by atoms with Crippen molar-refractivity contribution in [1.29, 1.82) is 0 Å². The fraction of sp³-hybridized carbons (Fsp3) is 0.956. The molecule has 0 bridgehead atoms. The van der Waals surface area contributed by atoms with Gasteiger partial charge in [-0.25, -0.2) is 0 Å². The van der Waals surface area contributed by atoms with Crippen LogP contribution in [0, 0.1) is 29.6 Å². The maximum absolute atomic E-state index is 14.4. The zero-order valence-electron chi connectivity index (χ0n) is 38.9. The Bertz CT molecular complexity index is 1380. The minimum absolute atomic E-state index is 0.0369. The molecule has 3 heterocycles. The van der Waals surface area contributed by atoms with Gasteiger partial charge in [0, 0.05) is 37.3 Å². The van der Waals surface area contributed by atoms with Crippen molar-refractivity contribution in [2.45, 2.75) is 218 Å². The van der Waals surface area contributed by atoms with Crippen LogP contribution in [0.2, 0.25) is 0 Å². The summed E-state index contributed by atoms with van der Waals surface area (Å²) in [6.45, 7) is 17.7. The monoisotopic (exact) mass is 859 g/mol. The van der Waals surface area contributed by atoms with Gasteiger partial charge in [-0.05, 0) is 87.2 Å². The summed E-state index contributed by atoms with van der Waals surface area (Å²) >= 11 is 0. The maximum atomic E-state index is 14.4. The van der Waals surface area contributed by atoms with E-state index in [0.29, 0.717) is 24.7 Å². The SMILES string of the molecule is CCC1OC(=O)[C@H](C)C(O[C@H]2C[C@@](C)(OC)[C@@H](O)[C@H](C)O2)[C@H](C)[C@@H](O[C@@H]2O[C@H](C)C[C@H](N(C)C)[C@H]2O)[C@](C)(O)C[C@@H](C)/C(=N\OCCC2CCCCC2)[C@H](C)[C@@H](O)[C@]1(C)O. The fourth-order valence-corrected chi connectivity index (χ4v) is 10.4. The van der Waals surface area contributed by atoms with E-state index in [0.717, 1.165) is 19.3 Å². The fourth-order valence-electron chi connectivity index (χ4n) is 10.4. The van der Waals surface area contributed by atoms with Crippen molar-refractivity contribution in [2.24, 2.45) is 34.7 Å². The molecule has 350 valence electrons. The first-order valence-electron chi connectivity index (χ1n) is 22.7. The van der Waals surface area contributed by atoms with Crippen LogP contribution in [0.5, 0.6) is 0 Å². The number of methoxy groups -OCH3 is 1. The summed E-state index contributed by atoms with van der Waals surface area (Å²) in [7, 11) is 5.27. The molecule has 4 fully saturated rings. The van der Waals surface area contributed by atoms with Crippen LogP contribution in [0.3, 0.4) is 0 Å². The van der Waals surface area contributed by atoms with Gasteiger partial charge in [0.2, 0.25) is 0 Å². The van der Waals surface area contributed by atoms with Gasteiger partial charge >= 0.3 is 5.97 Å². The Kier molecular flexibility index (Phi) is 18.3. The number of esters is 1. The summed E-state index contributed by atoms with van der Waals surface area (Å²) in [6.07, 6.45) is -2.23. The van der Waals surface area contributed by atoms with Crippen LogP contribution < -0.4 is 0 Å². The van der Waals surface area contributed by atoms with Gasteiger partial charge in [0.25, 0.3) is 0 Å². The van der Waals surface area contributed by atoms with Gasteiger partial charge in [0.05, 0.1) is 53.4 Å². The molecular weight excluding hydrogens is 776 g/mol. The molecule has 5 N–H and O–H groups in total. The second-order valence-electron chi connectivity index (χ2n) is 19.7. The number of ether oxygens (including phenoxy) is 6. The van der Waals surface area contributed by atoms with Crippen LogP contribution in [0.25, 0.3) is 0 Å². The van der Waals surface area contributed by atoms with E-state index in [1.165, 1.54) is 33.3 Å². The number of aliphatic hydroxyl groups excluding tert-OH is 3. The van der Waals surface area contributed by atoms with E-state index in [-0.39, 0.29) is 31.4 Å². The summed E-state index contributed by atoms with van der Waals surface area (Å²) in [6, 6.07) is -0.307. The van der Waals surface area contributed by atoms with E-state index >= 15 is 0 Å². The van der Waals surface area contributed by atoms with E-state index in [1.54, 1.807) is 41.5 Å². The van der Waals surface area contributed by atoms with Crippen LogP contribution in [-0.4, -0.2) is 154 Å². The number of hydrogen-bond donors (Lipinski definition) is 5. The number of carbonyl (C=O) groups is 1. The Labute approximate surface area is 359 Å². The molecule has 1 saturated carbocycles. The van der Waals surface area contributed by atoms with Gasteiger partial charge in [0.1, 0.15) is 30.5 Å². The molecule has 0 aromatic carbocycles. The molecule has 0 amide bonds. The number of rotatable bonds is 11. The highest BCUT2D eigenvalue weighted by Crippen LogP contribution is 2.41. The first-order valence-corrected chi connectivity index (χ1v) is 22.7. The third-order valence-electron chi connectivity index (χ3n) is 14.4. The quantitative estimate of drug-likeness (QED) is 0.110. The number of nitrogens with zero attached hydrogens (tertiary/aromatic N) is 2. The molecule has 0 aromatic rings. The van der Waals surface area contributed by atoms with E-state index in [4.69, 9.17) is 33.3 Å². The largest absolute Gasteiger partial charge is 0.459 e. The number of hydrogen-bond acceptors (Lipinski definition) is 15. The molecule has 4 aliphatic rings. The number of cyclic esters (lactones) is 1. The zero-order chi connectivity index (χ0) is 44.9. The van der Waals surface area contributed by atoms with E-state index in [9.17, 15) is 30.3 Å². The highest BCUT2D eigenvalue weighted by molar-refractivity contribution is 5.88. The molecule has 3 saturated heterocycles. The summed E-state index contributed by atoms with van der Waals surface area (Å²) in [5, 5.41) is 64.3. The van der Waals surface area contributed by atoms with Gasteiger partial charge in [-0.15, -0.1) is 0 Å². The Morgan fingerprint density at radius 1 is 0.883 bits per heavy atom. The molecule has 18 atom stereocenters. The van der Waals surface area contributed by atoms with E-state index in [1.807, 2.05) is 39.8 Å². The molecule has 3 aliphatic heterocycles. The van der Waals surface area contributed by atoms with Crippen molar-refractivity contribution in [2.75, 3.05) is 27.8 Å². The summed E-state index contributed by atoms with van der Waals surface area (Å²) < 4.78 is 37.9. The van der Waals surface area contributed by atoms with Crippen LogP contribution in [-0.2, 0) is 38.1 Å². The van der Waals surface area contributed by atoms with Crippen molar-refractivity contribution in [3.05, 3.63) is 0 Å². The van der Waals surface area contributed by atoms with Gasteiger partial charge in [0.15, 0.2) is 12.6 Å². The lowest BCUT2D eigenvalue weighted by atomic mass is 9.73. The Morgan fingerprint density at radius 2 is 1.53 bits per heavy atom. The minimum atomic E-state index is -1.92. The van der Waals surface area contributed by atoms with Crippen molar-refractivity contribution >= 4 is 11.7 Å². The van der Waals surface area contributed by atoms with Gasteiger partial charge < -0.3 is 63.7 Å². The first kappa shape index (κ1) is 51.1. The van der Waals surface area contributed by atoms with Gasteiger partial charge in [-0.2, -0.15) is 0 Å². The lowest BCUT2D eigenvalue weighted by Crippen LogP contribution is -2.61. The topological polar surface area (TPSA) is 198 Å². The normalized spacial score (nSPS) is 46.5. The number of likely N-dealkylation sites (N-methyl/N-ethyl adjacent to an activating group) is 1. The van der Waals surface area contributed by atoms with E-state index < -0.39 is 102 Å². The van der Waals surface area contributed by atoms with Crippen molar-refractivity contribution in [3.8, 4) is 0 Å². The van der Waals surface area contributed by atoms with Crippen LogP contribution >= 0.6 is 0 Å². The van der Waals surface area contributed by atoms with Crippen molar-refractivity contribution in [3.63, 3.8) is 0 Å². The molecule has 4 rings (SSSR count). The van der Waals surface area contributed by atoms with E-state index in [2.05, 4.69) is 5.16 Å². The summed E-state index contributed by atoms with van der Waals surface area (Å²) in [5.74, 6) is -3.32. The van der Waals surface area contributed by atoms with Gasteiger partial charge in [-0.3, -0.25) is 4.79 Å². The zero-order valence-corrected chi connectivity index (χ0v) is 38.9. The summed E-state index contributed by atoms with van der Waals surface area (Å²) in [4.78, 5) is 22.3. The second-order valence-corrected chi connectivity index (χ2v) is 19.7. The Balaban J connectivity index is 1.83. The molecule has 1 aliphatic carbocycles. The van der Waals surface area contributed by atoms with Crippen LogP contribution in [0.15, 0.2) is 5.16 Å². The molecule has 2 unspecified atom stereocenters. The van der Waals surface area contributed by atoms with Crippen molar-refractivity contribution in [1.82, 2.24) is 4.90 Å². The predicted octanol–water partition coefficient (Wildman–Crippen LogP) is 4.56. The highest BCUT2D eigenvalue weighted by Gasteiger charge is 2.53. The predicted molar refractivity (Wildman–Crippen MR) is 226 cm³/mol. The van der Waals surface area contributed by atoms with Crippen LogP contribution in [0.1, 0.15) is 133 Å². The Hall–Kier alpha value is -1.50. The first-order chi connectivity index (χ1) is 28.0. The molecule has 15 nitrogen and oxygen atoms in total. The van der Waals surface area contributed by atoms with Crippen LogP contribution in [0.4, 0.5) is 0 Å². The number of aliphatic hydroxyl groups is 5. The molecule has 0 aromatic heterocycles. The molecular formula is C45H82N2O13. The number of carbonyl (C=O) groups excluding carboxylic acids is 1. The lowest BCUT2D eigenvalue weighted by molar-refractivity contribution is -0.317. The molecule has 0 spiro atoms. The molecule has 60 heavy (non-hydrogen) atoms. The average Bonchev–Trinajstić information content (AvgIpc) is 3.19. The average molecular weight is 859 g/mol. The summed E-state index contributed by atoms with van der Waals surface area (Å²) in [5.41, 5.74) is -4.25. The second kappa shape index (κ2) is 21.5. The maximum Gasteiger partial charge on any atom is 0.311 e. The third kappa shape index (κ3) is 12.0. The molecule has 15 heteroatoms. The highest BCUT2D eigenvalue weighted by atomic mass is 16.7. The number of oxime groups is 1. The molecule has 0 radical (unpaired) electrons. The standard InChI is InChI=1S/C45H82N2O13/c1-14-33-45(10,53)38(49)27(4)35(46-55-21-20-31-18-16-15-17-19-31)25(2)23-43(8,52)40(60-42-36(48)32(47(11)12)22-26(3)56-42)28(5)37(29(6)41(51)58-33)59-34-24-44(9,54-13)39(50)30(7)57-34/h25-34,36-40,42,48-50,52-53H,14-24H2,1-13H3/b46-35+/t25-,26-,27+,28+,29-,30+,32+,33?,34+,36-,37?,38-,39+,40-,42+,43-,44-,45-/m1/s1. The lowest BCUT2D eigenvalue weighted by Gasteiger charge is -2.49. The smallest absolute Gasteiger partial charge is 0.311 e. The minimum Gasteiger partial charge on any atom is -0.459 e. The van der Waals surface area contributed by atoms with Gasteiger partial charge in [-0.1, -0.05) is 65.0 Å². The third-order valence-corrected chi connectivity index (χ3v) is 14.4. The van der Waals surface area contributed by atoms with Crippen molar-refractivity contribution < 1.29 is 63.6 Å².